The maximum absolute atomic E-state index is 12.7. The molecular weight excluding hydrogens is 340 g/mol. The summed E-state index contributed by atoms with van der Waals surface area (Å²) < 4.78 is 12.6. The van der Waals surface area contributed by atoms with Gasteiger partial charge in [-0.25, -0.2) is 9.48 Å². The van der Waals surface area contributed by atoms with E-state index in [4.69, 9.17) is 9.47 Å². The van der Waals surface area contributed by atoms with Crippen LogP contribution in [0.2, 0.25) is 0 Å². The number of aromatic nitrogens is 2. The van der Waals surface area contributed by atoms with E-state index in [9.17, 15) is 4.79 Å². The molecule has 0 aliphatic carbocycles. The summed E-state index contributed by atoms with van der Waals surface area (Å²) in [6.45, 7) is 8.23. The first-order valence-electron chi connectivity index (χ1n) is 8.82. The van der Waals surface area contributed by atoms with E-state index in [2.05, 4.69) is 25.9 Å². The van der Waals surface area contributed by atoms with Gasteiger partial charge in [0.05, 0.1) is 24.1 Å². The van der Waals surface area contributed by atoms with Crippen LogP contribution in [-0.2, 0) is 5.41 Å². The summed E-state index contributed by atoms with van der Waals surface area (Å²) in [6, 6.07) is 16.6. The predicted octanol–water partition coefficient (Wildman–Crippen LogP) is 4.71. The van der Waals surface area contributed by atoms with Crippen molar-refractivity contribution in [3.63, 3.8) is 0 Å². The number of nitrogens with zero attached hydrogens (tertiary/aromatic N) is 2. The van der Waals surface area contributed by atoms with Crippen LogP contribution in [0.5, 0.6) is 11.6 Å². The third-order valence-electron chi connectivity index (χ3n) is 4.19. The summed E-state index contributed by atoms with van der Waals surface area (Å²) in [7, 11) is 1.56. The highest BCUT2D eigenvalue weighted by atomic mass is 16.5. The molecule has 0 spiro atoms. The van der Waals surface area contributed by atoms with Crippen molar-refractivity contribution < 1.29 is 14.3 Å². The Morgan fingerprint density at radius 1 is 1.04 bits per heavy atom. The molecule has 5 nitrogen and oxygen atoms in total. The Morgan fingerprint density at radius 2 is 1.78 bits per heavy atom. The molecule has 5 heteroatoms. The Labute approximate surface area is 159 Å². The first-order valence-corrected chi connectivity index (χ1v) is 8.82. The molecule has 0 unspecified atom stereocenters. The van der Waals surface area contributed by atoms with Crippen molar-refractivity contribution in [3.8, 4) is 17.3 Å². The number of aryl methyl sites for hydroxylation is 1. The van der Waals surface area contributed by atoms with Crippen molar-refractivity contribution >= 4 is 5.97 Å². The molecule has 0 amide bonds. The second-order valence-electron chi connectivity index (χ2n) is 7.49. The molecule has 1 heterocycles. The molecule has 3 rings (SSSR count). The average Bonchev–Trinajstić information content (AvgIpc) is 3.06. The number of ether oxygens (including phenoxy) is 2. The van der Waals surface area contributed by atoms with E-state index < -0.39 is 5.97 Å². The largest absolute Gasteiger partial charge is 0.497 e. The van der Waals surface area contributed by atoms with E-state index in [1.807, 2.05) is 37.3 Å². The number of benzene rings is 2. The van der Waals surface area contributed by atoms with Crippen molar-refractivity contribution in [1.82, 2.24) is 9.78 Å². The zero-order chi connectivity index (χ0) is 19.6. The lowest BCUT2D eigenvalue weighted by Crippen LogP contribution is -2.13. The van der Waals surface area contributed by atoms with Crippen molar-refractivity contribution in [3.05, 3.63) is 71.4 Å². The number of esters is 1. The number of carbonyl (C=O) groups excluding carboxylic acids is 1. The summed E-state index contributed by atoms with van der Waals surface area (Å²) in [5.74, 6) is 0.536. The van der Waals surface area contributed by atoms with Gasteiger partial charge in [-0.3, -0.25) is 0 Å². The van der Waals surface area contributed by atoms with Crippen molar-refractivity contribution in [2.45, 2.75) is 33.1 Å². The molecule has 1 aromatic heterocycles. The van der Waals surface area contributed by atoms with Crippen LogP contribution in [0, 0.1) is 6.92 Å². The van der Waals surface area contributed by atoms with Gasteiger partial charge in [0.15, 0.2) is 0 Å². The lowest BCUT2D eigenvalue weighted by Gasteiger charge is -2.14. The predicted molar refractivity (Wildman–Crippen MR) is 105 cm³/mol. The fourth-order valence-corrected chi connectivity index (χ4v) is 2.65. The second kappa shape index (κ2) is 7.27. The van der Waals surface area contributed by atoms with Crippen molar-refractivity contribution in [2.24, 2.45) is 0 Å². The Morgan fingerprint density at radius 3 is 2.44 bits per heavy atom. The summed E-state index contributed by atoms with van der Waals surface area (Å²) >= 11 is 0. The molecule has 0 fully saturated rings. The highest BCUT2D eigenvalue weighted by molar-refractivity contribution is 5.91. The molecule has 0 bridgehead atoms. The van der Waals surface area contributed by atoms with Crippen LogP contribution in [0.15, 0.2) is 54.6 Å². The number of hydrogen-bond donors (Lipinski definition) is 0. The van der Waals surface area contributed by atoms with Crippen LogP contribution >= 0.6 is 0 Å². The van der Waals surface area contributed by atoms with Gasteiger partial charge < -0.3 is 9.47 Å². The van der Waals surface area contributed by atoms with E-state index in [1.54, 1.807) is 36.1 Å². The minimum absolute atomic E-state index is 0.174. The smallest absolute Gasteiger partial charge is 0.344 e. The topological polar surface area (TPSA) is 53.4 Å². The van der Waals surface area contributed by atoms with E-state index in [1.165, 1.54) is 0 Å². The molecule has 140 valence electrons. The Bertz CT molecular complexity index is 968. The third-order valence-corrected chi connectivity index (χ3v) is 4.19. The number of carbonyl (C=O) groups is 1. The Kier molecular flexibility index (Phi) is 5.04. The maximum atomic E-state index is 12.7. The molecule has 2 aromatic carbocycles. The average molecular weight is 364 g/mol. The van der Waals surface area contributed by atoms with E-state index in [0.717, 1.165) is 16.9 Å². The highest BCUT2D eigenvalue weighted by Gasteiger charge is 2.23. The minimum atomic E-state index is -0.455. The van der Waals surface area contributed by atoms with Crippen LogP contribution in [0.4, 0.5) is 0 Å². The summed E-state index contributed by atoms with van der Waals surface area (Å²) in [5, 5.41) is 4.69. The summed E-state index contributed by atoms with van der Waals surface area (Å²) in [6.07, 6.45) is 0. The van der Waals surface area contributed by atoms with Gasteiger partial charge in [-0.1, -0.05) is 39.0 Å². The molecule has 0 aliphatic rings. The first kappa shape index (κ1) is 18.7. The van der Waals surface area contributed by atoms with Crippen LogP contribution < -0.4 is 9.47 Å². The fraction of sp³-hybridized carbons (Fsp3) is 0.273. The SMILES string of the molecule is COc1cccc(C(=O)Oc2cc(C(C)(C)C)nn2-c2cccc(C)c2)c1. The quantitative estimate of drug-likeness (QED) is 0.629. The van der Waals surface area contributed by atoms with Gasteiger partial charge in [0, 0.05) is 11.5 Å². The minimum Gasteiger partial charge on any atom is -0.497 e. The fourth-order valence-electron chi connectivity index (χ4n) is 2.65. The lowest BCUT2D eigenvalue weighted by atomic mass is 9.93. The van der Waals surface area contributed by atoms with Gasteiger partial charge in [0.2, 0.25) is 5.88 Å². The Hall–Kier alpha value is -3.08. The van der Waals surface area contributed by atoms with Crippen LogP contribution in [0.3, 0.4) is 0 Å². The molecule has 3 aromatic rings. The molecular formula is C22H24N2O3. The van der Waals surface area contributed by atoms with Crippen LogP contribution in [0.25, 0.3) is 5.69 Å². The zero-order valence-corrected chi connectivity index (χ0v) is 16.3. The normalized spacial score (nSPS) is 11.3. The van der Waals surface area contributed by atoms with Crippen molar-refractivity contribution in [1.29, 1.82) is 0 Å². The number of rotatable bonds is 4. The maximum Gasteiger partial charge on any atom is 0.344 e. The standard InChI is InChI=1S/C22H24N2O3/c1-15-8-6-10-17(12-15)24-20(14-19(23-24)22(2,3)4)27-21(25)16-9-7-11-18(13-16)26-5/h6-14H,1-5H3. The monoisotopic (exact) mass is 364 g/mol. The third kappa shape index (κ3) is 4.19. The molecule has 0 atom stereocenters. The van der Waals surface area contributed by atoms with Gasteiger partial charge in [0.1, 0.15) is 5.75 Å². The zero-order valence-electron chi connectivity index (χ0n) is 16.3. The molecule has 0 radical (unpaired) electrons. The number of methoxy groups -OCH3 is 1. The van der Waals surface area contributed by atoms with Crippen LogP contribution in [-0.4, -0.2) is 22.9 Å². The van der Waals surface area contributed by atoms with Gasteiger partial charge in [-0.15, -0.1) is 0 Å². The van der Waals surface area contributed by atoms with Gasteiger partial charge in [0.25, 0.3) is 0 Å². The summed E-state index contributed by atoms with van der Waals surface area (Å²) in [5.41, 5.74) is 3.04. The molecule has 27 heavy (non-hydrogen) atoms. The van der Waals surface area contributed by atoms with E-state index >= 15 is 0 Å². The molecule has 0 N–H and O–H groups in total. The van der Waals surface area contributed by atoms with Crippen molar-refractivity contribution in [2.75, 3.05) is 7.11 Å². The van der Waals surface area contributed by atoms with E-state index in [-0.39, 0.29) is 5.41 Å². The van der Waals surface area contributed by atoms with E-state index in [0.29, 0.717) is 17.2 Å². The van der Waals surface area contributed by atoms with Gasteiger partial charge in [-0.05, 0) is 42.8 Å². The highest BCUT2D eigenvalue weighted by Crippen LogP contribution is 2.28. The summed E-state index contributed by atoms with van der Waals surface area (Å²) in [4.78, 5) is 12.7. The lowest BCUT2D eigenvalue weighted by molar-refractivity contribution is 0.0722. The number of hydrogen-bond acceptors (Lipinski definition) is 4. The van der Waals surface area contributed by atoms with Crippen LogP contribution in [0.1, 0.15) is 42.4 Å². The first-order chi connectivity index (χ1) is 12.8. The van der Waals surface area contributed by atoms with Gasteiger partial charge in [-0.2, -0.15) is 5.10 Å². The molecule has 0 saturated carbocycles. The van der Waals surface area contributed by atoms with Gasteiger partial charge >= 0.3 is 5.97 Å². The molecule has 0 aliphatic heterocycles. The molecule has 0 saturated heterocycles. The second-order valence-corrected chi connectivity index (χ2v) is 7.49. The Balaban J connectivity index is 2.00.